The molecule has 1 aromatic rings. The predicted octanol–water partition coefficient (Wildman–Crippen LogP) is 2.99. The van der Waals surface area contributed by atoms with Crippen LogP contribution in [-0.2, 0) is 12.8 Å². The number of benzene rings is 1. The van der Waals surface area contributed by atoms with Gasteiger partial charge in [-0.3, -0.25) is 0 Å². The van der Waals surface area contributed by atoms with Gasteiger partial charge in [0, 0.05) is 0 Å². The van der Waals surface area contributed by atoms with Crippen LogP contribution >= 0.6 is 0 Å². The van der Waals surface area contributed by atoms with Crippen molar-refractivity contribution >= 4 is 0 Å². The molecule has 0 aromatic heterocycles. The first kappa shape index (κ1) is 12.8. The lowest BCUT2D eigenvalue weighted by Gasteiger charge is -2.16. The molecule has 0 heterocycles. The maximum atomic E-state index is 12.7. The predicted molar refractivity (Wildman–Crippen MR) is 53.2 cm³/mol. The number of hydrogen-bond donors (Lipinski definition) is 1. The van der Waals surface area contributed by atoms with Gasteiger partial charge in [-0.05, 0) is 18.1 Å². The van der Waals surface area contributed by atoms with Crippen LogP contribution in [0, 0.1) is 0 Å². The van der Waals surface area contributed by atoms with Crippen molar-refractivity contribution in [3.05, 3.63) is 29.3 Å². The molecule has 16 heavy (non-hydrogen) atoms. The Labute approximate surface area is 91.7 Å². The van der Waals surface area contributed by atoms with Crippen molar-refractivity contribution in [2.24, 2.45) is 0 Å². The summed E-state index contributed by atoms with van der Waals surface area (Å²) in [6.07, 6.45) is -3.89. The van der Waals surface area contributed by atoms with E-state index in [1.807, 2.05) is 6.92 Å². The first-order chi connectivity index (χ1) is 7.50. The molecule has 0 radical (unpaired) electrons. The summed E-state index contributed by atoms with van der Waals surface area (Å²) < 4.78 is 43.2. The molecule has 0 aliphatic heterocycles. The number of ether oxygens (including phenoxy) is 1. The fourth-order valence-corrected chi connectivity index (χ4v) is 1.36. The lowest BCUT2D eigenvalue weighted by Crippen LogP contribution is -2.12. The minimum atomic E-state index is -4.51. The Hall–Kier alpha value is -1.23. The van der Waals surface area contributed by atoms with Crippen LogP contribution in [-0.4, -0.2) is 11.7 Å². The maximum absolute atomic E-state index is 12.7. The lowest BCUT2D eigenvalue weighted by atomic mass is 10.1. The summed E-state index contributed by atoms with van der Waals surface area (Å²) in [6.45, 7) is 1.37. The van der Waals surface area contributed by atoms with Crippen LogP contribution in [0.3, 0.4) is 0 Å². The summed E-state index contributed by atoms with van der Waals surface area (Å²) >= 11 is 0. The van der Waals surface area contributed by atoms with Crippen LogP contribution in [0.15, 0.2) is 18.2 Å². The van der Waals surface area contributed by atoms with Gasteiger partial charge in [0.15, 0.2) is 0 Å². The molecule has 0 amide bonds. The highest BCUT2D eigenvalue weighted by atomic mass is 19.4. The fraction of sp³-hybridized carbons (Fsp3) is 0.455. The third-order valence-electron chi connectivity index (χ3n) is 2.03. The summed E-state index contributed by atoms with van der Waals surface area (Å²) in [5.41, 5.74) is -1.05. The van der Waals surface area contributed by atoms with Crippen LogP contribution < -0.4 is 4.74 Å². The second kappa shape index (κ2) is 5.21. The van der Waals surface area contributed by atoms with Gasteiger partial charge < -0.3 is 9.84 Å². The van der Waals surface area contributed by atoms with E-state index in [9.17, 15) is 13.2 Å². The minimum Gasteiger partial charge on any atom is -0.493 e. The van der Waals surface area contributed by atoms with E-state index in [1.54, 1.807) is 0 Å². The van der Waals surface area contributed by atoms with Crippen LogP contribution in [0.2, 0.25) is 0 Å². The second-order valence-electron chi connectivity index (χ2n) is 3.29. The second-order valence-corrected chi connectivity index (χ2v) is 3.29. The molecule has 0 unspecified atom stereocenters. The Kier molecular flexibility index (Phi) is 4.18. The lowest BCUT2D eigenvalue weighted by molar-refractivity contribution is -0.140. The molecule has 0 bridgehead atoms. The first-order valence-corrected chi connectivity index (χ1v) is 4.93. The van der Waals surface area contributed by atoms with Gasteiger partial charge in [-0.1, -0.05) is 19.1 Å². The molecular weight excluding hydrogens is 221 g/mol. The number of hydrogen-bond acceptors (Lipinski definition) is 2. The molecular formula is C11H13F3O2. The monoisotopic (exact) mass is 234 g/mol. The Morgan fingerprint density at radius 1 is 1.31 bits per heavy atom. The highest BCUT2D eigenvalue weighted by molar-refractivity contribution is 5.42. The van der Waals surface area contributed by atoms with Crippen molar-refractivity contribution in [2.45, 2.75) is 26.1 Å². The topological polar surface area (TPSA) is 29.5 Å². The molecule has 0 atom stereocenters. The van der Waals surface area contributed by atoms with E-state index in [0.717, 1.165) is 0 Å². The van der Waals surface area contributed by atoms with Crippen molar-refractivity contribution in [3.63, 3.8) is 0 Å². The van der Waals surface area contributed by atoms with Gasteiger partial charge in [0.25, 0.3) is 0 Å². The molecule has 1 rings (SSSR count). The molecule has 5 heteroatoms. The molecule has 0 saturated carbocycles. The van der Waals surface area contributed by atoms with E-state index >= 15 is 0 Å². The largest absolute Gasteiger partial charge is 0.493 e. The van der Waals surface area contributed by atoms with E-state index in [4.69, 9.17) is 9.84 Å². The fourth-order valence-electron chi connectivity index (χ4n) is 1.36. The quantitative estimate of drug-likeness (QED) is 0.867. The molecule has 90 valence electrons. The summed E-state index contributed by atoms with van der Waals surface area (Å²) in [5, 5.41) is 8.88. The van der Waals surface area contributed by atoms with E-state index in [0.29, 0.717) is 6.42 Å². The zero-order valence-corrected chi connectivity index (χ0v) is 8.84. The Morgan fingerprint density at radius 2 is 2.00 bits per heavy atom. The van der Waals surface area contributed by atoms with Crippen LogP contribution in [0.4, 0.5) is 13.2 Å². The van der Waals surface area contributed by atoms with Gasteiger partial charge in [-0.2, -0.15) is 13.2 Å². The molecule has 0 spiro atoms. The molecule has 0 aliphatic carbocycles. The van der Waals surface area contributed by atoms with Gasteiger partial charge >= 0.3 is 6.18 Å². The van der Waals surface area contributed by atoms with Crippen LogP contribution in [0.5, 0.6) is 5.75 Å². The molecule has 0 saturated heterocycles. The van der Waals surface area contributed by atoms with E-state index in [2.05, 4.69) is 0 Å². The third kappa shape index (κ3) is 2.88. The molecule has 0 aliphatic rings. The summed E-state index contributed by atoms with van der Waals surface area (Å²) in [4.78, 5) is 0. The third-order valence-corrected chi connectivity index (χ3v) is 2.03. The van der Waals surface area contributed by atoms with Gasteiger partial charge in [-0.25, -0.2) is 0 Å². The molecule has 1 N–H and O–H groups in total. The van der Waals surface area contributed by atoms with Gasteiger partial charge in [0.2, 0.25) is 0 Å². The normalized spacial score (nSPS) is 11.6. The number of aliphatic hydroxyl groups excluding tert-OH is 1. The van der Waals surface area contributed by atoms with Crippen molar-refractivity contribution in [2.75, 3.05) is 6.61 Å². The number of rotatable bonds is 4. The number of aliphatic hydroxyl groups is 1. The zero-order chi connectivity index (χ0) is 12.2. The Balaban J connectivity index is 3.16. The SMILES string of the molecule is CCCOc1cccc(CO)c1C(F)(F)F. The van der Waals surface area contributed by atoms with Crippen molar-refractivity contribution in [3.8, 4) is 5.75 Å². The molecule has 0 fully saturated rings. The minimum absolute atomic E-state index is 0.166. The average molecular weight is 234 g/mol. The number of halogens is 3. The zero-order valence-electron chi connectivity index (χ0n) is 8.84. The molecule has 1 aromatic carbocycles. The number of alkyl halides is 3. The summed E-state index contributed by atoms with van der Waals surface area (Å²) in [6, 6.07) is 3.94. The van der Waals surface area contributed by atoms with Gasteiger partial charge in [0.05, 0.1) is 13.2 Å². The first-order valence-electron chi connectivity index (χ1n) is 4.93. The highest BCUT2D eigenvalue weighted by Crippen LogP contribution is 2.38. The van der Waals surface area contributed by atoms with Crippen molar-refractivity contribution in [1.29, 1.82) is 0 Å². The summed E-state index contributed by atoms with van der Waals surface area (Å²) in [5.74, 6) is -0.221. The highest BCUT2D eigenvalue weighted by Gasteiger charge is 2.36. The Morgan fingerprint density at radius 3 is 2.50 bits per heavy atom. The van der Waals surface area contributed by atoms with Crippen molar-refractivity contribution in [1.82, 2.24) is 0 Å². The van der Waals surface area contributed by atoms with Crippen LogP contribution in [0.25, 0.3) is 0 Å². The Bertz CT molecular complexity index is 348. The summed E-state index contributed by atoms with van der Waals surface area (Å²) in [7, 11) is 0. The van der Waals surface area contributed by atoms with E-state index < -0.39 is 18.3 Å². The van der Waals surface area contributed by atoms with Gasteiger partial charge in [-0.15, -0.1) is 0 Å². The standard InChI is InChI=1S/C11H13F3O2/c1-2-6-16-9-5-3-4-8(7-15)10(9)11(12,13)14/h3-5,15H,2,6-7H2,1H3. The maximum Gasteiger partial charge on any atom is 0.420 e. The smallest absolute Gasteiger partial charge is 0.420 e. The van der Waals surface area contributed by atoms with E-state index in [1.165, 1.54) is 18.2 Å². The average Bonchev–Trinajstić information content (AvgIpc) is 2.24. The van der Waals surface area contributed by atoms with Crippen molar-refractivity contribution < 1.29 is 23.0 Å². The van der Waals surface area contributed by atoms with Gasteiger partial charge in [0.1, 0.15) is 11.3 Å². The van der Waals surface area contributed by atoms with E-state index in [-0.39, 0.29) is 17.9 Å². The molecule has 2 nitrogen and oxygen atoms in total. The van der Waals surface area contributed by atoms with Crippen LogP contribution in [0.1, 0.15) is 24.5 Å².